The number of carbonyl (C=O) groups excluding carboxylic acids is 3. The number of hydrogen-bond donors (Lipinski definition) is 0. The van der Waals surface area contributed by atoms with Crippen LogP contribution in [0.2, 0.25) is 0 Å². The summed E-state index contributed by atoms with van der Waals surface area (Å²) in [6.07, 6.45) is 62.8. The minimum atomic E-state index is -0.788. The predicted octanol–water partition coefficient (Wildman–Crippen LogP) is 16.4. The Morgan fingerprint density at radius 1 is 0.344 bits per heavy atom. The lowest BCUT2D eigenvalue weighted by Gasteiger charge is -2.18. The highest BCUT2D eigenvalue weighted by atomic mass is 16.6. The Kier molecular flexibility index (Phi) is 46.5. The Hall–Kier alpha value is -3.41. The van der Waals surface area contributed by atoms with Crippen LogP contribution < -0.4 is 0 Å². The third-order valence-corrected chi connectivity index (χ3v) is 10.4. The Balaban J connectivity index is 4.42. The van der Waals surface area contributed by atoms with E-state index < -0.39 is 6.10 Å². The van der Waals surface area contributed by atoms with Crippen LogP contribution in [0.4, 0.5) is 0 Å². The fraction of sp³-hybridized carbons (Fsp3) is 0.691. The first-order valence-electron chi connectivity index (χ1n) is 25.1. The largest absolute Gasteiger partial charge is 0.462 e. The molecule has 0 heterocycles. The van der Waals surface area contributed by atoms with Gasteiger partial charge >= 0.3 is 17.9 Å². The van der Waals surface area contributed by atoms with Crippen molar-refractivity contribution >= 4 is 17.9 Å². The molecule has 0 saturated carbocycles. The lowest BCUT2D eigenvalue weighted by atomic mass is 10.1. The van der Waals surface area contributed by atoms with E-state index in [0.717, 1.165) is 109 Å². The van der Waals surface area contributed by atoms with E-state index in [1.807, 2.05) is 0 Å². The van der Waals surface area contributed by atoms with Gasteiger partial charge in [0.2, 0.25) is 0 Å². The molecule has 1 unspecified atom stereocenters. The topological polar surface area (TPSA) is 78.9 Å². The summed E-state index contributed by atoms with van der Waals surface area (Å²) in [6, 6.07) is 0. The highest BCUT2D eigenvalue weighted by molar-refractivity contribution is 5.71. The monoisotopic (exact) mass is 849 g/mol. The molecule has 0 aromatic carbocycles. The molecular weight excluding hydrogens is 757 g/mol. The third-order valence-electron chi connectivity index (χ3n) is 10.4. The average molecular weight is 849 g/mol. The number of esters is 3. The Labute approximate surface area is 375 Å². The fourth-order valence-corrected chi connectivity index (χ4v) is 6.75. The number of allylic oxidation sites excluding steroid dienone is 14. The molecule has 0 bridgehead atoms. The Bertz CT molecular complexity index is 1200. The summed E-state index contributed by atoms with van der Waals surface area (Å²) in [5.41, 5.74) is 0. The molecule has 0 aliphatic rings. The van der Waals surface area contributed by atoms with Crippen LogP contribution in [-0.2, 0) is 28.6 Å². The van der Waals surface area contributed by atoms with Crippen molar-refractivity contribution in [3.8, 4) is 0 Å². The van der Waals surface area contributed by atoms with E-state index >= 15 is 0 Å². The molecule has 6 heteroatoms. The van der Waals surface area contributed by atoms with Crippen LogP contribution in [0.3, 0.4) is 0 Å². The first-order valence-corrected chi connectivity index (χ1v) is 25.1. The van der Waals surface area contributed by atoms with Gasteiger partial charge in [0.25, 0.3) is 0 Å². The highest BCUT2D eigenvalue weighted by Crippen LogP contribution is 2.14. The molecule has 0 rings (SSSR count). The van der Waals surface area contributed by atoms with E-state index in [2.05, 4.69) is 106 Å². The molecule has 0 aliphatic heterocycles. The number of hydrogen-bond acceptors (Lipinski definition) is 6. The van der Waals surface area contributed by atoms with Crippen LogP contribution in [0.25, 0.3) is 0 Å². The van der Waals surface area contributed by atoms with Crippen molar-refractivity contribution in [2.75, 3.05) is 13.2 Å². The van der Waals surface area contributed by atoms with E-state index in [4.69, 9.17) is 14.2 Å². The van der Waals surface area contributed by atoms with Crippen molar-refractivity contribution in [3.05, 3.63) is 85.1 Å². The van der Waals surface area contributed by atoms with Gasteiger partial charge in [0.1, 0.15) is 13.2 Å². The van der Waals surface area contributed by atoms with Crippen LogP contribution in [0.1, 0.15) is 226 Å². The minimum absolute atomic E-state index is 0.0887. The summed E-state index contributed by atoms with van der Waals surface area (Å²) in [5, 5.41) is 0. The summed E-state index contributed by atoms with van der Waals surface area (Å²) < 4.78 is 16.8. The second-order valence-corrected chi connectivity index (χ2v) is 16.3. The van der Waals surface area contributed by atoms with Gasteiger partial charge in [-0.25, -0.2) is 0 Å². The van der Waals surface area contributed by atoms with E-state index in [1.165, 1.54) is 77.0 Å². The summed E-state index contributed by atoms with van der Waals surface area (Å²) in [7, 11) is 0. The van der Waals surface area contributed by atoms with Gasteiger partial charge in [-0.3, -0.25) is 14.4 Å². The molecule has 0 aromatic heterocycles. The zero-order valence-electron chi connectivity index (χ0n) is 39.7. The SMILES string of the molecule is CC\C=C/C=C\C=C/CCCCCCCCCC(=O)OCC(COC(=O)CCCCCCCCC/C=C\C/C=C\CC)OC(=O)CCCCCCCCC/C=C\C/C=C\CC. The van der Waals surface area contributed by atoms with Crippen LogP contribution >= 0.6 is 0 Å². The summed E-state index contributed by atoms with van der Waals surface area (Å²) in [4.78, 5) is 38.0. The van der Waals surface area contributed by atoms with Gasteiger partial charge in [0.05, 0.1) is 0 Å². The first kappa shape index (κ1) is 57.6. The van der Waals surface area contributed by atoms with E-state index in [-0.39, 0.29) is 31.1 Å². The second kappa shape index (κ2) is 49.2. The van der Waals surface area contributed by atoms with Crippen molar-refractivity contribution in [3.63, 3.8) is 0 Å². The Morgan fingerprint density at radius 2 is 0.672 bits per heavy atom. The van der Waals surface area contributed by atoms with Gasteiger partial charge in [-0.2, -0.15) is 0 Å². The van der Waals surface area contributed by atoms with Crippen molar-refractivity contribution in [1.29, 1.82) is 0 Å². The number of ether oxygens (including phenoxy) is 3. The zero-order chi connectivity index (χ0) is 44.4. The number of unbranched alkanes of at least 4 members (excludes halogenated alkanes) is 21. The number of rotatable bonds is 44. The summed E-state index contributed by atoms with van der Waals surface area (Å²) in [5.74, 6) is -0.919. The van der Waals surface area contributed by atoms with Gasteiger partial charge in [0, 0.05) is 19.3 Å². The molecule has 0 amide bonds. The molecular formula is C55H92O6. The molecule has 0 radical (unpaired) electrons. The first-order chi connectivity index (χ1) is 30.0. The van der Waals surface area contributed by atoms with Gasteiger partial charge in [-0.15, -0.1) is 0 Å². The standard InChI is InChI=1S/C55H92O6/c1-4-7-10-13-16-19-22-25-28-31-33-36-39-42-45-48-54(57)60-51-52(61-55(58)49-46-43-40-37-34-30-27-24-21-18-15-12-9-6-3)50-59-53(56)47-44-41-38-35-32-29-26-23-20-17-14-11-8-5-2/h7-13,16-22,52H,4-6,14-15,23-51H2,1-3H3/b10-7-,11-8-,12-9-,16-13-,20-17-,21-18-,22-19-. The van der Waals surface area contributed by atoms with Gasteiger partial charge in [0.15, 0.2) is 6.10 Å². The maximum Gasteiger partial charge on any atom is 0.306 e. The van der Waals surface area contributed by atoms with Gasteiger partial charge < -0.3 is 14.2 Å². The average Bonchev–Trinajstić information content (AvgIpc) is 3.26. The predicted molar refractivity (Wildman–Crippen MR) is 261 cm³/mol. The van der Waals surface area contributed by atoms with Crippen molar-refractivity contribution < 1.29 is 28.6 Å². The smallest absolute Gasteiger partial charge is 0.306 e. The molecule has 1 atom stereocenters. The van der Waals surface area contributed by atoms with Crippen LogP contribution in [0.5, 0.6) is 0 Å². The molecule has 61 heavy (non-hydrogen) atoms. The lowest BCUT2D eigenvalue weighted by Crippen LogP contribution is -2.30. The maximum atomic E-state index is 12.8. The third kappa shape index (κ3) is 47.5. The minimum Gasteiger partial charge on any atom is -0.462 e. The lowest BCUT2D eigenvalue weighted by molar-refractivity contribution is -0.167. The van der Waals surface area contributed by atoms with Crippen LogP contribution in [0.15, 0.2) is 85.1 Å². The van der Waals surface area contributed by atoms with Crippen molar-refractivity contribution in [2.24, 2.45) is 0 Å². The molecule has 0 aliphatic carbocycles. The highest BCUT2D eigenvalue weighted by Gasteiger charge is 2.19. The molecule has 0 N–H and O–H groups in total. The van der Waals surface area contributed by atoms with Crippen LogP contribution in [0, 0.1) is 0 Å². The van der Waals surface area contributed by atoms with Crippen molar-refractivity contribution in [1.82, 2.24) is 0 Å². The molecule has 348 valence electrons. The summed E-state index contributed by atoms with van der Waals surface area (Å²) >= 11 is 0. The fourth-order valence-electron chi connectivity index (χ4n) is 6.75. The quantitative estimate of drug-likeness (QED) is 0.0200. The second-order valence-electron chi connectivity index (χ2n) is 16.3. The normalized spacial score (nSPS) is 12.8. The Morgan fingerprint density at radius 3 is 1.08 bits per heavy atom. The molecule has 0 fully saturated rings. The molecule has 0 aromatic rings. The molecule has 0 spiro atoms. The van der Waals surface area contributed by atoms with E-state index in [1.54, 1.807) is 0 Å². The number of carbonyl (C=O) groups is 3. The molecule has 0 saturated heterocycles. The zero-order valence-corrected chi connectivity index (χ0v) is 39.7. The van der Waals surface area contributed by atoms with Crippen LogP contribution in [-0.4, -0.2) is 37.2 Å². The van der Waals surface area contributed by atoms with Gasteiger partial charge in [-0.05, 0) is 89.9 Å². The summed E-state index contributed by atoms with van der Waals surface area (Å²) in [6.45, 7) is 6.27. The van der Waals surface area contributed by atoms with E-state index in [9.17, 15) is 14.4 Å². The van der Waals surface area contributed by atoms with Crippen molar-refractivity contribution in [2.45, 2.75) is 232 Å². The molecule has 6 nitrogen and oxygen atoms in total. The van der Waals surface area contributed by atoms with Gasteiger partial charge in [-0.1, -0.05) is 202 Å². The van der Waals surface area contributed by atoms with E-state index in [0.29, 0.717) is 19.3 Å². The maximum absolute atomic E-state index is 12.8.